The zero-order valence-corrected chi connectivity index (χ0v) is 12.1. The zero-order chi connectivity index (χ0) is 13.9. The Kier molecular flexibility index (Phi) is 4.10. The molecule has 0 unspecified atom stereocenters. The quantitative estimate of drug-likeness (QED) is 0.919. The fourth-order valence-corrected chi connectivity index (χ4v) is 3.97. The van der Waals surface area contributed by atoms with E-state index in [0.29, 0.717) is 5.69 Å². The van der Waals surface area contributed by atoms with Crippen LogP contribution >= 0.6 is 0 Å². The fourth-order valence-electron chi connectivity index (χ4n) is 3.97. The van der Waals surface area contributed by atoms with Gasteiger partial charge in [0.25, 0.3) is 5.56 Å². The van der Waals surface area contributed by atoms with Gasteiger partial charge in [-0.15, -0.1) is 0 Å². The summed E-state index contributed by atoms with van der Waals surface area (Å²) in [6, 6.07) is 4.00. The molecule has 0 spiro atoms. The third-order valence-corrected chi connectivity index (χ3v) is 4.99. The van der Waals surface area contributed by atoms with Gasteiger partial charge in [-0.05, 0) is 44.2 Å². The van der Waals surface area contributed by atoms with Crippen LogP contribution in [0.3, 0.4) is 0 Å². The van der Waals surface area contributed by atoms with Crippen LogP contribution in [0.2, 0.25) is 0 Å². The van der Waals surface area contributed by atoms with Crippen LogP contribution in [0.25, 0.3) is 0 Å². The van der Waals surface area contributed by atoms with E-state index in [1.165, 1.54) is 45.1 Å². The summed E-state index contributed by atoms with van der Waals surface area (Å²) in [4.78, 5) is 14.4. The molecule has 20 heavy (non-hydrogen) atoms. The molecule has 2 aliphatic rings. The molecule has 2 heterocycles. The Morgan fingerprint density at radius 2 is 1.90 bits per heavy atom. The number of hydrogen-bond acceptors (Lipinski definition) is 3. The lowest BCUT2D eigenvalue weighted by molar-refractivity contribution is 0.0580. The largest absolute Gasteiger partial charge is 0.398 e. The molecule has 0 aromatic carbocycles. The number of piperidine rings is 1. The second kappa shape index (κ2) is 6.00. The average molecular weight is 275 g/mol. The van der Waals surface area contributed by atoms with Crippen LogP contribution in [0, 0.1) is 5.92 Å². The number of rotatable bonds is 3. The SMILES string of the molecule is Nc1ccc(=O)n(CCN2CCC[C@H]3CCCC[C@H]32)c1. The van der Waals surface area contributed by atoms with Crippen molar-refractivity contribution in [3.63, 3.8) is 0 Å². The summed E-state index contributed by atoms with van der Waals surface area (Å²) >= 11 is 0. The minimum atomic E-state index is 0.0522. The van der Waals surface area contributed by atoms with Crippen molar-refractivity contribution >= 4 is 5.69 Å². The van der Waals surface area contributed by atoms with E-state index >= 15 is 0 Å². The highest BCUT2D eigenvalue weighted by molar-refractivity contribution is 5.33. The lowest BCUT2D eigenvalue weighted by Gasteiger charge is -2.44. The van der Waals surface area contributed by atoms with E-state index in [2.05, 4.69) is 4.90 Å². The molecule has 110 valence electrons. The molecular weight excluding hydrogens is 250 g/mol. The smallest absolute Gasteiger partial charge is 0.250 e. The highest BCUT2D eigenvalue weighted by Crippen LogP contribution is 2.34. The number of nitrogens with zero attached hydrogens (tertiary/aromatic N) is 2. The van der Waals surface area contributed by atoms with Crippen molar-refractivity contribution < 1.29 is 0 Å². The van der Waals surface area contributed by atoms with Crippen LogP contribution < -0.4 is 11.3 Å². The molecule has 1 saturated heterocycles. The summed E-state index contributed by atoms with van der Waals surface area (Å²) in [7, 11) is 0. The van der Waals surface area contributed by atoms with E-state index in [4.69, 9.17) is 5.73 Å². The summed E-state index contributed by atoms with van der Waals surface area (Å²) in [5.41, 5.74) is 6.49. The molecular formula is C16H25N3O. The Morgan fingerprint density at radius 1 is 1.10 bits per heavy atom. The summed E-state index contributed by atoms with van der Waals surface area (Å²) in [6.45, 7) is 2.93. The van der Waals surface area contributed by atoms with Crippen molar-refractivity contribution in [2.45, 2.75) is 51.1 Å². The Hall–Kier alpha value is -1.29. The van der Waals surface area contributed by atoms with Gasteiger partial charge in [0.2, 0.25) is 0 Å². The maximum atomic E-state index is 11.8. The Morgan fingerprint density at radius 3 is 2.80 bits per heavy atom. The van der Waals surface area contributed by atoms with Crippen molar-refractivity contribution in [1.82, 2.24) is 9.47 Å². The third kappa shape index (κ3) is 2.90. The lowest BCUT2D eigenvalue weighted by Crippen LogP contribution is -2.48. The number of likely N-dealkylation sites (tertiary alicyclic amines) is 1. The van der Waals surface area contributed by atoms with Gasteiger partial charge in [-0.3, -0.25) is 9.69 Å². The maximum Gasteiger partial charge on any atom is 0.250 e. The van der Waals surface area contributed by atoms with Gasteiger partial charge < -0.3 is 10.3 Å². The van der Waals surface area contributed by atoms with Crippen molar-refractivity contribution in [2.75, 3.05) is 18.8 Å². The van der Waals surface area contributed by atoms with Crippen molar-refractivity contribution in [1.29, 1.82) is 0 Å². The van der Waals surface area contributed by atoms with Crippen LogP contribution in [-0.4, -0.2) is 28.6 Å². The van der Waals surface area contributed by atoms with Crippen LogP contribution in [0.4, 0.5) is 5.69 Å². The predicted molar refractivity (Wildman–Crippen MR) is 81.7 cm³/mol. The summed E-state index contributed by atoms with van der Waals surface area (Å²) < 4.78 is 1.75. The highest BCUT2D eigenvalue weighted by atomic mass is 16.1. The Balaban J connectivity index is 1.65. The highest BCUT2D eigenvalue weighted by Gasteiger charge is 2.32. The molecule has 1 aliphatic heterocycles. The second-order valence-electron chi connectivity index (χ2n) is 6.28. The van der Waals surface area contributed by atoms with Gasteiger partial charge in [-0.25, -0.2) is 0 Å². The van der Waals surface area contributed by atoms with E-state index in [-0.39, 0.29) is 5.56 Å². The Bertz CT molecular complexity index is 509. The summed E-state index contributed by atoms with van der Waals surface area (Å²) in [6.07, 6.45) is 10.0. The molecule has 1 aliphatic carbocycles. The molecule has 1 saturated carbocycles. The third-order valence-electron chi connectivity index (χ3n) is 4.99. The molecule has 2 atom stereocenters. The minimum absolute atomic E-state index is 0.0522. The van der Waals surface area contributed by atoms with Gasteiger partial charge in [0.15, 0.2) is 0 Å². The van der Waals surface area contributed by atoms with Crippen LogP contribution in [0.5, 0.6) is 0 Å². The minimum Gasteiger partial charge on any atom is -0.398 e. The number of aromatic nitrogens is 1. The van der Waals surface area contributed by atoms with Gasteiger partial charge in [0.1, 0.15) is 0 Å². The van der Waals surface area contributed by atoms with Crippen LogP contribution in [-0.2, 0) is 6.54 Å². The number of nitrogen functional groups attached to an aromatic ring is 1. The van der Waals surface area contributed by atoms with Crippen LogP contribution in [0.15, 0.2) is 23.1 Å². The number of fused-ring (bicyclic) bond motifs is 1. The zero-order valence-electron chi connectivity index (χ0n) is 12.1. The number of nitrogens with two attached hydrogens (primary N) is 1. The molecule has 0 amide bonds. The fraction of sp³-hybridized carbons (Fsp3) is 0.688. The predicted octanol–water partition coefficient (Wildman–Crippen LogP) is 2.09. The van der Waals surface area contributed by atoms with E-state index in [1.807, 2.05) is 0 Å². The first-order valence-electron chi connectivity index (χ1n) is 7.94. The second-order valence-corrected chi connectivity index (χ2v) is 6.28. The monoisotopic (exact) mass is 275 g/mol. The molecule has 2 fully saturated rings. The van der Waals surface area contributed by atoms with E-state index in [9.17, 15) is 4.79 Å². The molecule has 0 radical (unpaired) electrons. The molecule has 1 aromatic rings. The maximum absolute atomic E-state index is 11.8. The van der Waals surface area contributed by atoms with Gasteiger partial charge in [0, 0.05) is 37.1 Å². The molecule has 3 rings (SSSR count). The van der Waals surface area contributed by atoms with E-state index in [0.717, 1.165) is 25.0 Å². The average Bonchev–Trinajstić information content (AvgIpc) is 2.48. The Labute approximate surface area is 120 Å². The lowest BCUT2D eigenvalue weighted by atomic mass is 9.78. The van der Waals surface area contributed by atoms with Crippen molar-refractivity contribution in [2.24, 2.45) is 5.92 Å². The first kappa shape index (κ1) is 13.7. The standard InChI is InChI=1S/C16H25N3O/c17-14-7-8-16(20)19(12-14)11-10-18-9-3-5-13-4-1-2-6-15(13)18/h7-8,12-13,15H,1-6,9-11,17H2/t13-,15-/m1/s1. The first-order valence-corrected chi connectivity index (χ1v) is 7.94. The van der Waals surface area contributed by atoms with Gasteiger partial charge >= 0.3 is 0 Å². The summed E-state index contributed by atoms with van der Waals surface area (Å²) in [5.74, 6) is 0.898. The number of hydrogen-bond donors (Lipinski definition) is 1. The number of pyridine rings is 1. The van der Waals surface area contributed by atoms with Gasteiger partial charge in [0.05, 0.1) is 0 Å². The topological polar surface area (TPSA) is 51.3 Å². The normalized spacial score (nSPS) is 27.2. The molecule has 1 aromatic heterocycles. The van der Waals surface area contributed by atoms with Crippen molar-refractivity contribution in [3.05, 3.63) is 28.7 Å². The molecule has 2 N–H and O–H groups in total. The molecule has 4 heteroatoms. The number of anilines is 1. The molecule has 4 nitrogen and oxygen atoms in total. The van der Waals surface area contributed by atoms with E-state index < -0.39 is 0 Å². The summed E-state index contributed by atoms with van der Waals surface area (Å²) in [5, 5.41) is 0. The van der Waals surface area contributed by atoms with Gasteiger partial charge in [-0.2, -0.15) is 0 Å². The van der Waals surface area contributed by atoms with E-state index in [1.54, 1.807) is 22.9 Å². The molecule has 0 bridgehead atoms. The van der Waals surface area contributed by atoms with Crippen LogP contribution in [0.1, 0.15) is 38.5 Å². The first-order chi connectivity index (χ1) is 9.74. The van der Waals surface area contributed by atoms with Gasteiger partial charge in [-0.1, -0.05) is 12.8 Å². The van der Waals surface area contributed by atoms with Crippen molar-refractivity contribution in [3.8, 4) is 0 Å².